The Balaban J connectivity index is 1.41. The molecule has 210 valence electrons. The zero-order chi connectivity index (χ0) is 28.2. The van der Waals surface area contributed by atoms with E-state index in [2.05, 4.69) is 44.2 Å². The number of piperazine rings is 1. The van der Waals surface area contributed by atoms with Crippen LogP contribution in [0.25, 0.3) is 0 Å². The average molecular weight is 606 g/mol. The number of para-hydroxylation sites is 1. The predicted octanol–water partition coefficient (Wildman–Crippen LogP) is 5.64. The van der Waals surface area contributed by atoms with Gasteiger partial charge in [0.15, 0.2) is 0 Å². The number of anilines is 2. The van der Waals surface area contributed by atoms with E-state index >= 15 is 0 Å². The summed E-state index contributed by atoms with van der Waals surface area (Å²) in [7, 11) is 3.78. The van der Waals surface area contributed by atoms with Crippen molar-refractivity contribution < 1.29 is 14.3 Å². The van der Waals surface area contributed by atoms with Gasteiger partial charge in [-0.1, -0.05) is 57.9 Å². The Bertz CT molecular complexity index is 1350. The quantitative estimate of drug-likeness (QED) is 0.378. The molecule has 2 saturated heterocycles. The van der Waals surface area contributed by atoms with E-state index in [1.54, 1.807) is 12.0 Å². The highest BCUT2D eigenvalue weighted by Gasteiger charge is 2.42. The number of carbonyl (C=O) groups excluding carboxylic acids is 2. The summed E-state index contributed by atoms with van der Waals surface area (Å²) >= 11 is 3.74. The zero-order valence-corrected chi connectivity index (χ0v) is 25.0. The summed E-state index contributed by atoms with van der Waals surface area (Å²) < 4.78 is 6.68. The molecule has 7 nitrogen and oxygen atoms in total. The van der Waals surface area contributed by atoms with Crippen molar-refractivity contribution >= 4 is 39.1 Å². The van der Waals surface area contributed by atoms with E-state index in [9.17, 15) is 9.59 Å². The molecule has 3 aromatic carbocycles. The molecule has 2 atom stereocenters. The number of rotatable bonds is 7. The monoisotopic (exact) mass is 604 g/mol. The summed E-state index contributed by atoms with van der Waals surface area (Å²) in [6.45, 7) is 7.12. The molecule has 2 aliphatic rings. The number of amides is 2. The van der Waals surface area contributed by atoms with Crippen molar-refractivity contribution in [3.8, 4) is 5.75 Å². The molecule has 0 aliphatic carbocycles. The number of aryl methyl sites for hydroxylation is 1. The number of benzene rings is 3. The SMILES string of the molecule is COc1ccccc1C1C(C(=O)Nc2ccc(CN3CCN(C)CC3)c(Br)c2)CCC(=O)N1c1ccc(C)cc1. The van der Waals surface area contributed by atoms with Crippen molar-refractivity contribution in [1.29, 1.82) is 0 Å². The van der Waals surface area contributed by atoms with Crippen LogP contribution in [-0.4, -0.2) is 62.0 Å². The molecule has 8 heteroatoms. The van der Waals surface area contributed by atoms with Gasteiger partial charge in [0.25, 0.3) is 0 Å². The Kier molecular flexibility index (Phi) is 8.88. The van der Waals surface area contributed by atoms with Gasteiger partial charge in [-0.25, -0.2) is 0 Å². The second-order valence-electron chi connectivity index (χ2n) is 10.8. The lowest BCUT2D eigenvalue weighted by Gasteiger charge is -2.41. The summed E-state index contributed by atoms with van der Waals surface area (Å²) in [6, 6.07) is 21.1. The number of nitrogens with zero attached hydrogens (tertiary/aromatic N) is 3. The number of hydrogen-bond acceptors (Lipinski definition) is 5. The fraction of sp³-hybridized carbons (Fsp3) is 0.375. The average Bonchev–Trinajstić information content (AvgIpc) is 2.96. The number of carbonyl (C=O) groups is 2. The summed E-state index contributed by atoms with van der Waals surface area (Å²) in [5, 5.41) is 3.15. The molecule has 2 fully saturated rings. The molecule has 0 aromatic heterocycles. The molecule has 0 bridgehead atoms. The summed E-state index contributed by atoms with van der Waals surface area (Å²) in [5.41, 5.74) is 4.64. The minimum Gasteiger partial charge on any atom is -0.496 e. The van der Waals surface area contributed by atoms with Crippen molar-refractivity contribution in [2.75, 3.05) is 50.6 Å². The first-order chi connectivity index (χ1) is 19.3. The van der Waals surface area contributed by atoms with Crippen LogP contribution >= 0.6 is 15.9 Å². The van der Waals surface area contributed by atoms with Crippen LogP contribution in [-0.2, 0) is 16.1 Å². The van der Waals surface area contributed by atoms with Crippen molar-refractivity contribution in [2.24, 2.45) is 5.92 Å². The molecular formula is C32H37BrN4O3. The van der Waals surface area contributed by atoms with Gasteiger partial charge in [-0.15, -0.1) is 0 Å². The van der Waals surface area contributed by atoms with E-state index in [-0.39, 0.29) is 11.8 Å². The van der Waals surface area contributed by atoms with Gasteiger partial charge in [-0.05, 0) is 56.3 Å². The second kappa shape index (κ2) is 12.5. The third kappa shape index (κ3) is 6.24. The Morgan fingerprint density at radius 2 is 1.75 bits per heavy atom. The maximum atomic E-state index is 13.9. The Hall–Kier alpha value is -3.20. The maximum Gasteiger partial charge on any atom is 0.229 e. The van der Waals surface area contributed by atoms with Crippen LogP contribution in [0.3, 0.4) is 0 Å². The first-order valence-corrected chi connectivity index (χ1v) is 14.6. The summed E-state index contributed by atoms with van der Waals surface area (Å²) in [4.78, 5) is 33.9. The predicted molar refractivity (Wildman–Crippen MR) is 163 cm³/mol. The molecule has 2 amide bonds. The summed E-state index contributed by atoms with van der Waals surface area (Å²) in [6.07, 6.45) is 0.754. The fourth-order valence-corrected chi connectivity index (χ4v) is 6.18. The van der Waals surface area contributed by atoms with Crippen LogP contribution in [0.1, 0.15) is 35.6 Å². The molecule has 1 N–H and O–H groups in total. The number of halogens is 1. The normalized spacial score (nSPS) is 20.4. The number of likely N-dealkylation sites (N-methyl/N-ethyl adjacent to an activating group) is 1. The molecule has 2 unspecified atom stereocenters. The van der Waals surface area contributed by atoms with Gasteiger partial charge in [0.05, 0.1) is 19.1 Å². The molecule has 2 heterocycles. The highest BCUT2D eigenvalue weighted by Crippen LogP contribution is 2.43. The minimum atomic E-state index is -0.500. The van der Waals surface area contributed by atoms with Crippen LogP contribution in [0.15, 0.2) is 71.2 Å². The second-order valence-corrected chi connectivity index (χ2v) is 11.7. The minimum absolute atomic E-state index is 0.000173. The Morgan fingerprint density at radius 1 is 1.02 bits per heavy atom. The Labute approximate surface area is 245 Å². The van der Waals surface area contributed by atoms with E-state index in [4.69, 9.17) is 4.74 Å². The molecule has 3 aromatic rings. The largest absolute Gasteiger partial charge is 0.496 e. The first-order valence-electron chi connectivity index (χ1n) is 13.9. The number of hydrogen-bond donors (Lipinski definition) is 1. The topological polar surface area (TPSA) is 65.1 Å². The lowest BCUT2D eigenvalue weighted by atomic mass is 9.82. The Morgan fingerprint density at radius 3 is 2.45 bits per heavy atom. The van der Waals surface area contributed by atoms with Crippen LogP contribution < -0.4 is 15.0 Å². The van der Waals surface area contributed by atoms with Crippen molar-refractivity contribution in [2.45, 2.75) is 32.4 Å². The third-order valence-corrected chi connectivity index (χ3v) is 8.75. The van der Waals surface area contributed by atoms with Gasteiger partial charge in [0.2, 0.25) is 11.8 Å². The lowest BCUT2D eigenvalue weighted by Crippen LogP contribution is -2.47. The first kappa shape index (κ1) is 28.3. The van der Waals surface area contributed by atoms with Gasteiger partial charge < -0.3 is 19.9 Å². The van der Waals surface area contributed by atoms with Crippen LogP contribution in [0.2, 0.25) is 0 Å². The number of piperidine rings is 1. The number of methoxy groups -OCH3 is 1. The highest BCUT2D eigenvalue weighted by atomic mass is 79.9. The molecule has 0 spiro atoms. The van der Waals surface area contributed by atoms with Crippen LogP contribution in [0.5, 0.6) is 5.75 Å². The van der Waals surface area contributed by atoms with E-state index in [1.165, 1.54) is 5.56 Å². The molecule has 2 aliphatic heterocycles. The molecule has 5 rings (SSSR count). The van der Waals surface area contributed by atoms with Gasteiger partial charge in [-0.3, -0.25) is 14.5 Å². The van der Waals surface area contributed by atoms with E-state index < -0.39 is 12.0 Å². The van der Waals surface area contributed by atoms with E-state index in [1.807, 2.05) is 67.6 Å². The fourth-order valence-electron chi connectivity index (χ4n) is 5.68. The molecular weight excluding hydrogens is 568 g/mol. The zero-order valence-electron chi connectivity index (χ0n) is 23.4. The number of nitrogens with one attached hydrogen (secondary N) is 1. The summed E-state index contributed by atoms with van der Waals surface area (Å²) in [5.74, 6) is 0.0891. The lowest BCUT2D eigenvalue weighted by molar-refractivity contribution is -0.125. The molecule has 0 saturated carbocycles. The molecule has 40 heavy (non-hydrogen) atoms. The standard InChI is InChI=1S/C32H37BrN4O3/c1-22-8-12-25(13-9-22)37-30(38)15-14-27(31(37)26-6-4-5-7-29(26)40-3)32(39)34-24-11-10-23(28(33)20-24)21-36-18-16-35(2)17-19-36/h4-13,20,27,31H,14-19,21H2,1-3H3,(H,34,39). The maximum absolute atomic E-state index is 13.9. The van der Waals surface area contributed by atoms with Gasteiger partial charge in [0.1, 0.15) is 5.75 Å². The van der Waals surface area contributed by atoms with E-state index in [0.29, 0.717) is 18.6 Å². The van der Waals surface area contributed by atoms with Crippen molar-refractivity contribution in [3.63, 3.8) is 0 Å². The third-order valence-electron chi connectivity index (χ3n) is 8.01. The smallest absolute Gasteiger partial charge is 0.229 e. The highest BCUT2D eigenvalue weighted by molar-refractivity contribution is 9.10. The van der Waals surface area contributed by atoms with E-state index in [0.717, 1.165) is 59.7 Å². The molecule has 0 radical (unpaired) electrons. The number of ether oxygens (including phenoxy) is 1. The van der Waals surface area contributed by atoms with Crippen molar-refractivity contribution in [3.05, 3.63) is 87.9 Å². The van der Waals surface area contributed by atoms with Gasteiger partial charge in [-0.2, -0.15) is 0 Å². The van der Waals surface area contributed by atoms with Crippen molar-refractivity contribution in [1.82, 2.24) is 9.80 Å². The van der Waals surface area contributed by atoms with Gasteiger partial charge in [0, 0.05) is 60.6 Å². The van der Waals surface area contributed by atoms with Crippen LogP contribution in [0, 0.1) is 12.8 Å². The van der Waals surface area contributed by atoms with Crippen LogP contribution in [0.4, 0.5) is 11.4 Å². The van der Waals surface area contributed by atoms with Gasteiger partial charge >= 0.3 is 0 Å².